The van der Waals surface area contributed by atoms with E-state index in [1.54, 1.807) is 19.1 Å². The van der Waals surface area contributed by atoms with Crippen molar-refractivity contribution in [2.75, 3.05) is 12.4 Å². The molecule has 7 nitrogen and oxygen atoms in total. The van der Waals surface area contributed by atoms with Crippen molar-refractivity contribution in [1.82, 2.24) is 0 Å². The molecule has 22 heavy (non-hydrogen) atoms. The number of carbonyl (C=O) groups is 1. The summed E-state index contributed by atoms with van der Waals surface area (Å²) in [6.07, 6.45) is 2.73. The summed E-state index contributed by atoms with van der Waals surface area (Å²) in [6.45, 7) is 1.75. The van der Waals surface area contributed by atoms with Crippen LogP contribution in [0.5, 0.6) is 5.75 Å². The molecule has 2 rings (SSSR count). The molecule has 0 aliphatic carbocycles. The van der Waals surface area contributed by atoms with E-state index in [1.165, 1.54) is 37.6 Å². The summed E-state index contributed by atoms with van der Waals surface area (Å²) in [5.74, 6) is 0.912. The number of ketones is 1. The summed E-state index contributed by atoms with van der Waals surface area (Å²) in [6, 6.07) is 7.44. The highest BCUT2D eigenvalue weighted by atomic mass is 16.6. The number of hydrogen-bond acceptors (Lipinski definition) is 6. The number of benzene rings is 1. The lowest BCUT2D eigenvalue weighted by Crippen LogP contribution is -1.97. The lowest BCUT2D eigenvalue weighted by molar-refractivity contribution is -0.384. The van der Waals surface area contributed by atoms with Gasteiger partial charge in [0.1, 0.15) is 11.5 Å². The molecule has 1 aromatic heterocycles. The van der Waals surface area contributed by atoms with Gasteiger partial charge in [-0.05, 0) is 25.1 Å². The number of nitro groups is 1. The average molecular weight is 302 g/mol. The van der Waals surface area contributed by atoms with E-state index in [1.807, 2.05) is 0 Å². The first-order valence-corrected chi connectivity index (χ1v) is 6.37. The molecule has 0 saturated heterocycles. The smallest absolute Gasteiger partial charge is 0.273 e. The van der Waals surface area contributed by atoms with Crippen molar-refractivity contribution in [1.29, 1.82) is 0 Å². The number of hydrogen-bond donors (Lipinski definition) is 1. The van der Waals surface area contributed by atoms with Crippen molar-refractivity contribution in [3.05, 3.63) is 64.2 Å². The van der Waals surface area contributed by atoms with E-state index < -0.39 is 4.92 Å². The monoisotopic (exact) mass is 302 g/mol. The quantitative estimate of drug-likeness (QED) is 0.381. The molecule has 0 spiro atoms. The highest BCUT2D eigenvalue weighted by molar-refractivity contribution is 6.02. The maximum Gasteiger partial charge on any atom is 0.273 e. The second-order valence-corrected chi connectivity index (χ2v) is 4.39. The lowest BCUT2D eigenvalue weighted by atomic mass is 10.2. The Balaban J connectivity index is 2.09. The average Bonchev–Trinajstić information content (AvgIpc) is 2.93. The molecule has 2 aromatic rings. The molecule has 1 aromatic carbocycles. The Morgan fingerprint density at radius 2 is 2.14 bits per heavy atom. The van der Waals surface area contributed by atoms with Crippen molar-refractivity contribution >= 4 is 17.2 Å². The van der Waals surface area contributed by atoms with Crippen LogP contribution in [0.1, 0.15) is 16.3 Å². The van der Waals surface area contributed by atoms with Crippen LogP contribution in [0.3, 0.4) is 0 Å². The summed E-state index contributed by atoms with van der Waals surface area (Å²) in [5.41, 5.74) is 0.432. The van der Waals surface area contributed by atoms with Gasteiger partial charge < -0.3 is 14.5 Å². The first-order valence-electron chi connectivity index (χ1n) is 6.37. The molecule has 0 fully saturated rings. The third-order valence-corrected chi connectivity index (χ3v) is 2.85. The predicted molar refractivity (Wildman–Crippen MR) is 80.2 cm³/mol. The number of allylic oxidation sites excluding steroid dienone is 1. The molecule has 0 amide bonds. The second kappa shape index (κ2) is 6.57. The van der Waals surface area contributed by atoms with E-state index >= 15 is 0 Å². The minimum absolute atomic E-state index is 0.0754. The number of ether oxygens (including phenoxy) is 1. The first-order chi connectivity index (χ1) is 10.5. The van der Waals surface area contributed by atoms with Crippen LogP contribution in [0.15, 0.2) is 47.0 Å². The number of nitrogens with one attached hydrogen (secondary N) is 1. The van der Waals surface area contributed by atoms with Crippen LogP contribution in [0.2, 0.25) is 0 Å². The van der Waals surface area contributed by atoms with E-state index in [2.05, 4.69) is 5.32 Å². The van der Waals surface area contributed by atoms with Gasteiger partial charge in [0.15, 0.2) is 5.76 Å². The Bertz CT molecular complexity index is 733. The van der Waals surface area contributed by atoms with Gasteiger partial charge in [-0.15, -0.1) is 0 Å². The fourth-order valence-corrected chi connectivity index (χ4v) is 1.77. The molecular formula is C15H14N2O5. The van der Waals surface area contributed by atoms with Crippen LogP contribution in [-0.2, 0) is 0 Å². The maximum atomic E-state index is 11.8. The Morgan fingerprint density at radius 1 is 1.36 bits per heavy atom. The number of anilines is 1. The van der Waals surface area contributed by atoms with E-state index in [9.17, 15) is 14.9 Å². The van der Waals surface area contributed by atoms with Gasteiger partial charge in [0.2, 0.25) is 5.78 Å². The van der Waals surface area contributed by atoms with Gasteiger partial charge in [0.05, 0.1) is 23.8 Å². The molecule has 0 aliphatic heterocycles. The van der Waals surface area contributed by atoms with Gasteiger partial charge >= 0.3 is 0 Å². The highest BCUT2D eigenvalue weighted by Crippen LogP contribution is 2.28. The van der Waals surface area contributed by atoms with Crippen LogP contribution in [0.4, 0.5) is 11.4 Å². The van der Waals surface area contributed by atoms with Crippen molar-refractivity contribution in [2.24, 2.45) is 0 Å². The minimum atomic E-state index is -0.509. The molecule has 7 heteroatoms. The molecule has 0 saturated carbocycles. The highest BCUT2D eigenvalue weighted by Gasteiger charge is 2.11. The van der Waals surface area contributed by atoms with E-state index in [0.29, 0.717) is 17.2 Å². The number of aryl methyl sites for hydroxylation is 1. The number of carbonyl (C=O) groups excluding carboxylic acids is 1. The van der Waals surface area contributed by atoms with Crippen LogP contribution < -0.4 is 10.1 Å². The summed E-state index contributed by atoms with van der Waals surface area (Å²) in [7, 11) is 1.41. The second-order valence-electron chi connectivity index (χ2n) is 4.39. The van der Waals surface area contributed by atoms with Gasteiger partial charge in [0, 0.05) is 18.3 Å². The number of furan rings is 1. The SMILES string of the molecule is COc1cc([N+](=O)[O-])ccc1NC=CC(=O)c1ccc(C)o1. The van der Waals surface area contributed by atoms with Crippen molar-refractivity contribution in [3.63, 3.8) is 0 Å². The molecule has 0 bridgehead atoms. The maximum absolute atomic E-state index is 11.8. The first kappa shape index (κ1) is 15.3. The number of non-ortho nitro benzene ring substituents is 1. The predicted octanol–water partition coefficient (Wildman–Crippen LogP) is 3.31. The number of rotatable bonds is 6. The van der Waals surface area contributed by atoms with Crippen LogP contribution in [0, 0.1) is 17.0 Å². The molecular weight excluding hydrogens is 288 g/mol. The van der Waals surface area contributed by atoms with Gasteiger partial charge in [-0.1, -0.05) is 0 Å². The zero-order valence-corrected chi connectivity index (χ0v) is 12.0. The fourth-order valence-electron chi connectivity index (χ4n) is 1.77. The summed E-state index contributed by atoms with van der Waals surface area (Å²) < 4.78 is 10.3. The Hall–Kier alpha value is -3.09. The number of nitro benzene ring substituents is 1. The van der Waals surface area contributed by atoms with E-state index in [0.717, 1.165) is 0 Å². The van der Waals surface area contributed by atoms with Crippen LogP contribution in [-0.4, -0.2) is 17.8 Å². The number of methoxy groups -OCH3 is 1. The van der Waals surface area contributed by atoms with Gasteiger partial charge in [0.25, 0.3) is 5.69 Å². The minimum Gasteiger partial charge on any atom is -0.494 e. The zero-order valence-electron chi connectivity index (χ0n) is 12.0. The summed E-state index contributed by atoms with van der Waals surface area (Å²) in [4.78, 5) is 22.0. The topological polar surface area (TPSA) is 94.6 Å². The molecule has 0 radical (unpaired) electrons. The molecule has 1 heterocycles. The Labute approximate surface area is 126 Å². The van der Waals surface area contributed by atoms with Crippen molar-refractivity contribution < 1.29 is 18.9 Å². The standard InChI is InChI=1S/C15H14N2O5/c1-10-3-6-14(22-10)13(18)7-8-16-12-5-4-11(17(19)20)9-15(12)21-2/h3-9,16H,1-2H3. The normalized spacial score (nSPS) is 10.6. The van der Waals surface area contributed by atoms with E-state index in [-0.39, 0.29) is 17.2 Å². The summed E-state index contributed by atoms with van der Waals surface area (Å²) in [5, 5.41) is 13.6. The Kier molecular flexibility index (Phi) is 4.57. The van der Waals surface area contributed by atoms with Gasteiger partial charge in [-0.25, -0.2) is 0 Å². The third kappa shape index (κ3) is 3.51. The third-order valence-electron chi connectivity index (χ3n) is 2.85. The Morgan fingerprint density at radius 3 is 2.73 bits per heavy atom. The number of nitrogens with zero attached hydrogens (tertiary/aromatic N) is 1. The molecule has 0 atom stereocenters. The molecule has 114 valence electrons. The fraction of sp³-hybridized carbons (Fsp3) is 0.133. The van der Waals surface area contributed by atoms with Crippen LogP contribution >= 0.6 is 0 Å². The molecule has 0 aliphatic rings. The molecule has 0 unspecified atom stereocenters. The van der Waals surface area contributed by atoms with Crippen molar-refractivity contribution in [3.8, 4) is 5.75 Å². The van der Waals surface area contributed by atoms with Crippen molar-refractivity contribution in [2.45, 2.75) is 6.92 Å². The van der Waals surface area contributed by atoms with E-state index in [4.69, 9.17) is 9.15 Å². The van der Waals surface area contributed by atoms with Gasteiger partial charge in [-0.2, -0.15) is 0 Å². The lowest BCUT2D eigenvalue weighted by Gasteiger charge is -2.07. The largest absolute Gasteiger partial charge is 0.494 e. The van der Waals surface area contributed by atoms with Gasteiger partial charge in [-0.3, -0.25) is 14.9 Å². The zero-order chi connectivity index (χ0) is 16.1. The summed E-state index contributed by atoms with van der Waals surface area (Å²) >= 11 is 0. The molecule has 1 N–H and O–H groups in total. The van der Waals surface area contributed by atoms with Crippen LogP contribution in [0.25, 0.3) is 0 Å².